The molecule has 16 heteroatoms. The Morgan fingerprint density at radius 2 is 1.60 bits per heavy atom. The highest BCUT2D eigenvalue weighted by molar-refractivity contribution is 7.91. The SMILES string of the molecule is Cc1c(CC2(NC(=O)C3=C(c4ccc(CCCOc5c(F)ccc(F)c5Cl)cc4)CC4CS(=O)(=O)C[C@H]3N4C(=O)OC(C)(C)C)CC2)ccnc1OCCCO[Si](C)(C)C(C)(C)C. The second kappa shape index (κ2) is 18.8. The van der Waals surface area contributed by atoms with Gasteiger partial charge in [-0.2, -0.15) is 0 Å². The van der Waals surface area contributed by atoms with Crippen LogP contribution in [0.5, 0.6) is 11.6 Å². The van der Waals surface area contributed by atoms with E-state index >= 15 is 0 Å². The molecule has 3 heterocycles. The van der Waals surface area contributed by atoms with Crippen LogP contribution in [0.3, 0.4) is 0 Å². The Morgan fingerprint density at radius 3 is 2.25 bits per heavy atom. The van der Waals surface area contributed by atoms with Crippen molar-refractivity contribution in [3.63, 3.8) is 0 Å². The number of benzene rings is 2. The molecule has 2 amide bonds. The van der Waals surface area contributed by atoms with E-state index in [-0.39, 0.29) is 35.1 Å². The molecular weight excluding hydrogens is 868 g/mol. The summed E-state index contributed by atoms with van der Waals surface area (Å²) in [6.45, 7) is 19.5. The molecule has 11 nitrogen and oxygen atoms in total. The van der Waals surface area contributed by atoms with Crippen LogP contribution in [0.1, 0.15) is 95.9 Å². The zero-order chi connectivity index (χ0) is 46.1. The monoisotopic (exact) mass is 929 g/mol. The number of sulfone groups is 1. The number of nitrogens with zero attached hydrogens (tertiary/aromatic N) is 2. The van der Waals surface area contributed by atoms with Crippen molar-refractivity contribution in [2.75, 3.05) is 31.3 Å². The predicted octanol–water partition coefficient (Wildman–Crippen LogP) is 9.58. The molecule has 1 saturated carbocycles. The maximum atomic E-state index is 14.8. The molecule has 2 aromatic carbocycles. The van der Waals surface area contributed by atoms with Gasteiger partial charge in [-0.15, -0.1) is 0 Å². The summed E-state index contributed by atoms with van der Waals surface area (Å²) in [6, 6.07) is 9.64. The Hall–Kier alpha value is -4.05. The quantitative estimate of drug-likeness (QED) is 0.0847. The van der Waals surface area contributed by atoms with Gasteiger partial charge < -0.3 is 24.0 Å². The fourth-order valence-corrected chi connectivity index (χ4v) is 11.0. The number of halogens is 3. The Kier molecular flexibility index (Phi) is 14.5. The van der Waals surface area contributed by atoms with Crippen molar-refractivity contribution in [3.8, 4) is 11.6 Å². The normalized spacial score (nSPS) is 19.4. The zero-order valence-corrected chi connectivity index (χ0v) is 40.5. The smallest absolute Gasteiger partial charge is 0.411 e. The van der Waals surface area contributed by atoms with E-state index in [4.69, 9.17) is 30.2 Å². The largest absolute Gasteiger partial charge is 0.489 e. The summed E-state index contributed by atoms with van der Waals surface area (Å²) in [4.78, 5) is 34.7. The third kappa shape index (κ3) is 11.8. The second-order valence-corrected chi connectivity index (χ2v) is 27.0. The summed E-state index contributed by atoms with van der Waals surface area (Å²) >= 11 is 5.91. The molecule has 0 radical (unpaired) electrons. The van der Waals surface area contributed by atoms with Crippen molar-refractivity contribution in [1.82, 2.24) is 15.2 Å². The van der Waals surface area contributed by atoms with Gasteiger partial charge in [0.05, 0.1) is 36.8 Å². The number of carbonyl (C=O) groups is 2. The molecular formula is C47H62ClF2N3O8SSi. The lowest BCUT2D eigenvalue weighted by Gasteiger charge is -2.47. The van der Waals surface area contributed by atoms with Gasteiger partial charge >= 0.3 is 6.09 Å². The van der Waals surface area contributed by atoms with E-state index in [1.807, 2.05) is 37.3 Å². The van der Waals surface area contributed by atoms with Gasteiger partial charge in [0.1, 0.15) is 16.4 Å². The van der Waals surface area contributed by atoms with Crippen LogP contribution < -0.4 is 14.8 Å². The Labute approximate surface area is 377 Å². The van der Waals surface area contributed by atoms with E-state index < -0.39 is 75.8 Å². The molecule has 63 heavy (non-hydrogen) atoms. The number of amides is 2. The minimum absolute atomic E-state index is 0.0950. The molecule has 3 aromatic rings. The van der Waals surface area contributed by atoms with E-state index in [9.17, 15) is 26.8 Å². The van der Waals surface area contributed by atoms with Gasteiger partial charge in [-0.25, -0.2) is 27.0 Å². The first-order valence-corrected chi connectivity index (χ1v) is 26.8. The van der Waals surface area contributed by atoms with Crippen molar-refractivity contribution < 1.29 is 45.4 Å². The van der Waals surface area contributed by atoms with E-state index in [0.717, 1.165) is 40.8 Å². The van der Waals surface area contributed by atoms with Crippen LogP contribution in [0.15, 0.2) is 54.2 Å². The van der Waals surface area contributed by atoms with Crippen LogP contribution in [0, 0.1) is 18.6 Å². The molecule has 1 aromatic heterocycles. The minimum Gasteiger partial charge on any atom is -0.489 e. The number of hydrogen-bond donors (Lipinski definition) is 1. The predicted molar refractivity (Wildman–Crippen MR) is 244 cm³/mol. The standard InChI is InChI=1S/C47H62ClF2N3O8SSi/c1-30-33(19-22-51-43(30)59-24-11-25-60-63(8,9)46(5,6)7)27-47(20-21-47)52-42(54)39-35(26-34-28-62(56,57)29-38(39)53(34)44(55)61-45(2,3)4)32-15-13-31(14-16-32)12-10-23-58-41-37(50)18-17-36(49)40(41)48/h13-19,22,34,38H,10-12,20-21,23-29H2,1-9H3,(H,52,54)/t34?,38-/m1/s1. The number of hydrogen-bond acceptors (Lipinski definition) is 9. The number of aromatic nitrogens is 1. The maximum absolute atomic E-state index is 14.8. The highest BCUT2D eigenvalue weighted by atomic mass is 35.5. The summed E-state index contributed by atoms with van der Waals surface area (Å²) in [7, 11) is -5.51. The lowest BCUT2D eigenvalue weighted by molar-refractivity contribution is -0.119. The zero-order valence-electron chi connectivity index (χ0n) is 38.0. The Morgan fingerprint density at radius 1 is 0.937 bits per heavy atom. The lowest BCUT2D eigenvalue weighted by atomic mass is 9.84. The molecule has 1 N–H and O–H groups in total. The first-order chi connectivity index (χ1) is 29.4. The number of aryl methyl sites for hydroxylation is 1. The van der Waals surface area contributed by atoms with Gasteiger partial charge in [-0.05, 0) is 125 Å². The number of nitrogens with one attached hydrogen (secondary N) is 1. The van der Waals surface area contributed by atoms with Gasteiger partial charge in [0.15, 0.2) is 29.7 Å². The second-order valence-electron chi connectivity index (χ2n) is 19.7. The molecule has 344 valence electrons. The van der Waals surface area contributed by atoms with Crippen LogP contribution in [0.25, 0.3) is 5.57 Å². The third-order valence-corrected chi connectivity index (χ3v) is 19.1. The number of pyridine rings is 1. The van der Waals surface area contributed by atoms with E-state index in [1.54, 1.807) is 27.0 Å². The van der Waals surface area contributed by atoms with Crippen molar-refractivity contribution in [2.45, 2.75) is 135 Å². The Bertz CT molecular complexity index is 2330. The summed E-state index contributed by atoms with van der Waals surface area (Å²) in [5, 5.41) is 3.02. The molecule has 2 bridgehead atoms. The number of fused-ring (bicyclic) bond motifs is 2. The van der Waals surface area contributed by atoms with Gasteiger partial charge in [0, 0.05) is 35.9 Å². The van der Waals surface area contributed by atoms with Crippen molar-refractivity contribution in [3.05, 3.63) is 93.1 Å². The fourth-order valence-electron chi connectivity index (χ4n) is 7.89. The average molecular weight is 931 g/mol. The first-order valence-electron chi connectivity index (χ1n) is 21.7. The fraction of sp³-hybridized carbons (Fsp3) is 0.553. The average Bonchev–Trinajstić information content (AvgIpc) is 3.93. The summed E-state index contributed by atoms with van der Waals surface area (Å²) < 4.78 is 78.7. The summed E-state index contributed by atoms with van der Waals surface area (Å²) in [5.74, 6) is -2.41. The minimum atomic E-state index is -3.64. The van der Waals surface area contributed by atoms with Gasteiger partial charge in [-0.3, -0.25) is 9.69 Å². The van der Waals surface area contributed by atoms with Crippen LogP contribution in [0.2, 0.25) is 23.2 Å². The molecule has 1 unspecified atom stereocenters. The highest BCUT2D eigenvalue weighted by Gasteiger charge is 2.52. The number of carbonyl (C=O) groups excluding carboxylic acids is 2. The van der Waals surface area contributed by atoms with Gasteiger partial charge in [-0.1, -0.05) is 56.6 Å². The third-order valence-electron chi connectivity index (χ3n) is 12.5. The van der Waals surface area contributed by atoms with Crippen molar-refractivity contribution in [2.24, 2.45) is 0 Å². The van der Waals surface area contributed by atoms with Crippen LogP contribution in [0.4, 0.5) is 13.6 Å². The molecule has 6 rings (SSSR count). The van der Waals surface area contributed by atoms with Crippen LogP contribution in [-0.4, -0.2) is 93.2 Å². The topological polar surface area (TPSA) is 133 Å². The van der Waals surface area contributed by atoms with Crippen LogP contribution >= 0.6 is 11.6 Å². The number of ether oxygens (including phenoxy) is 3. The molecule has 2 aliphatic heterocycles. The molecule has 2 atom stereocenters. The molecule has 3 aliphatic rings. The molecule has 1 saturated heterocycles. The first kappa shape index (κ1) is 48.4. The van der Waals surface area contributed by atoms with Crippen molar-refractivity contribution in [1.29, 1.82) is 0 Å². The highest BCUT2D eigenvalue weighted by Crippen LogP contribution is 2.44. The van der Waals surface area contributed by atoms with E-state index in [2.05, 4.69) is 44.2 Å². The molecule has 0 spiro atoms. The summed E-state index contributed by atoms with van der Waals surface area (Å²) in [6.07, 6.45) is 4.86. The maximum Gasteiger partial charge on any atom is 0.411 e. The van der Waals surface area contributed by atoms with Crippen LogP contribution in [-0.2, 0) is 36.6 Å². The number of rotatable bonds is 16. The van der Waals surface area contributed by atoms with Crippen molar-refractivity contribution >= 4 is 47.3 Å². The van der Waals surface area contributed by atoms with Gasteiger partial charge in [0.25, 0.3) is 0 Å². The van der Waals surface area contributed by atoms with E-state index in [0.29, 0.717) is 56.8 Å². The van der Waals surface area contributed by atoms with Gasteiger partial charge in [0.2, 0.25) is 11.8 Å². The lowest BCUT2D eigenvalue weighted by Crippen LogP contribution is -2.62. The summed E-state index contributed by atoms with van der Waals surface area (Å²) in [5.41, 5.74) is 2.99. The Balaban J connectivity index is 1.21. The molecule has 2 fully saturated rings. The molecule has 1 aliphatic carbocycles. The van der Waals surface area contributed by atoms with E-state index in [1.165, 1.54) is 4.90 Å².